The fourth-order valence-corrected chi connectivity index (χ4v) is 2.62. The van der Waals surface area contributed by atoms with E-state index in [0.717, 1.165) is 25.7 Å². The SMILES string of the molecule is CC(C)c1noc(CCC(=O)NCC2CCCC(O)C2)n1. The van der Waals surface area contributed by atoms with Crippen LogP contribution in [-0.4, -0.2) is 33.8 Å². The number of carbonyl (C=O) groups excluding carboxylic acids is 1. The van der Waals surface area contributed by atoms with Crippen molar-refractivity contribution in [2.24, 2.45) is 5.92 Å². The molecule has 0 spiro atoms. The van der Waals surface area contributed by atoms with Crippen molar-refractivity contribution < 1.29 is 14.4 Å². The van der Waals surface area contributed by atoms with E-state index in [0.29, 0.717) is 37.0 Å². The smallest absolute Gasteiger partial charge is 0.227 e. The monoisotopic (exact) mass is 295 g/mol. The Morgan fingerprint density at radius 2 is 2.29 bits per heavy atom. The molecule has 1 saturated carbocycles. The number of hydrogen-bond donors (Lipinski definition) is 2. The molecule has 2 rings (SSSR count). The molecule has 6 nitrogen and oxygen atoms in total. The van der Waals surface area contributed by atoms with Crippen molar-refractivity contribution >= 4 is 5.91 Å². The van der Waals surface area contributed by atoms with E-state index < -0.39 is 0 Å². The van der Waals surface area contributed by atoms with Crippen LogP contribution in [0.15, 0.2) is 4.52 Å². The van der Waals surface area contributed by atoms with E-state index in [1.807, 2.05) is 13.8 Å². The standard InChI is InChI=1S/C15H25N3O3/c1-10(2)15-17-14(21-18-15)7-6-13(20)16-9-11-4-3-5-12(19)8-11/h10-12,19H,3-9H2,1-2H3,(H,16,20). The molecule has 0 aromatic carbocycles. The zero-order valence-corrected chi connectivity index (χ0v) is 12.8. The highest BCUT2D eigenvalue weighted by molar-refractivity contribution is 5.75. The molecule has 1 aromatic heterocycles. The number of aliphatic hydroxyl groups is 1. The molecule has 1 aliphatic rings. The Labute approximate surface area is 125 Å². The van der Waals surface area contributed by atoms with Gasteiger partial charge in [0.2, 0.25) is 11.8 Å². The summed E-state index contributed by atoms with van der Waals surface area (Å²) in [5.74, 6) is 1.82. The van der Waals surface area contributed by atoms with E-state index in [9.17, 15) is 9.90 Å². The van der Waals surface area contributed by atoms with Gasteiger partial charge >= 0.3 is 0 Å². The van der Waals surface area contributed by atoms with E-state index in [2.05, 4.69) is 15.5 Å². The number of hydrogen-bond acceptors (Lipinski definition) is 5. The zero-order chi connectivity index (χ0) is 15.2. The summed E-state index contributed by atoms with van der Waals surface area (Å²) >= 11 is 0. The number of aliphatic hydroxyl groups excluding tert-OH is 1. The number of rotatable bonds is 6. The fourth-order valence-electron chi connectivity index (χ4n) is 2.62. The van der Waals surface area contributed by atoms with Crippen LogP contribution in [0.2, 0.25) is 0 Å². The Kier molecular flexibility index (Phi) is 5.73. The van der Waals surface area contributed by atoms with Gasteiger partial charge in [-0.3, -0.25) is 4.79 Å². The predicted molar refractivity (Wildman–Crippen MR) is 77.7 cm³/mol. The largest absolute Gasteiger partial charge is 0.393 e. The highest BCUT2D eigenvalue weighted by Crippen LogP contribution is 2.23. The molecule has 6 heteroatoms. The second-order valence-corrected chi connectivity index (χ2v) is 6.19. The van der Waals surface area contributed by atoms with E-state index in [1.165, 1.54) is 0 Å². The van der Waals surface area contributed by atoms with E-state index >= 15 is 0 Å². The molecule has 2 N–H and O–H groups in total. The minimum absolute atomic E-state index is 0.000592. The van der Waals surface area contributed by atoms with Crippen LogP contribution >= 0.6 is 0 Å². The molecule has 118 valence electrons. The number of carbonyl (C=O) groups is 1. The summed E-state index contributed by atoms with van der Waals surface area (Å²) in [6.45, 7) is 4.65. The highest BCUT2D eigenvalue weighted by atomic mass is 16.5. The third-order valence-electron chi connectivity index (χ3n) is 3.91. The Balaban J connectivity index is 1.67. The molecule has 2 unspecified atom stereocenters. The molecule has 0 aliphatic heterocycles. The van der Waals surface area contributed by atoms with Gasteiger partial charge in [-0.05, 0) is 25.2 Å². The molecule has 2 atom stereocenters. The van der Waals surface area contributed by atoms with Crippen molar-refractivity contribution in [3.63, 3.8) is 0 Å². The summed E-state index contributed by atoms with van der Waals surface area (Å²) in [6, 6.07) is 0. The van der Waals surface area contributed by atoms with E-state index in [4.69, 9.17) is 4.52 Å². The number of nitrogens with one attached hydrogen (secondary N) is 1. The van der Waals surface area contributed by atoms with E-state index in [-0.39, 0.29) is 17.9 Å². The molecular weight excluding hydrogens is 270 g/mol. The first-order chi connectivity index (χ1) is 10.0. The van der Waals surface area contributed by atoms with Crippen molar-refractivity contribution in [1.29, 1.82) is 0 Å². The van der Waals surface area contributed by atoms with Gasteiger partial charge in [-0.25, -0.2) is 0 Å². The number of aryl methyl sites for hydroxylation is 1. The maximum Gasteiger partial charge on any atom is 0.227 e. The lowest BCUT2D eigenvalue weighted by Gasteiger charge is -2.25. The Morgan fingerprint density at radius 3 is 2.95 bits per heavy atom. The summed E-state index contributed by atoms with van der Waals surface area (Å²) < 4.78 is 5.11. The maximum absolute atomic E-state index is 11.8. The topological polar surface area (TPSA) is 88.2 Å². The van der Waals surface area contributed by atoms with Gasteiger partial charge in [0.1, 0.15) is 0 Å². The molecule has 0 radical (unpaired) electrons. The summed E-state index contributed by atoms with van der Waals surface area (Å²) in [7, 11) is 0. The summed E-state index contributed by atoms with van der Waals surface area (Å²) in [6.07, 6.45) is 4.43. The molecule has 1 fully saturated rings. The minimum atomic E-state index is -0.200. The van der Waals surface area contributed by atoms with Gasteiger partial charge in [0, 0.05) is 25.3 Å². The minimum Gasteiger partial charge on any atom is -0.393 e. The van der Waals surface area contributed by atoms with Crippen LogP contribution in [0.3, 0.4) is 0 Å². The van der Waals surface area contributed by atoms with Gasteiger partial charge < -0.3 is 14.9 Å². The molecule has 1 aromatic rings. The first-order valence-electron chi connectivity index (χ1n) is 7.82. The van der Waals surface area contributed by atoms with Crippen LogP contribution in [-0.2, 0) is 11.2 Å². The second kappa shape index (κ2) is 7.54. The third-order valence-corrected chi connectivity index (χ3v) is 3.91. The molecule has 0 bridgehead atoms. The van der Waals surface area contributed by atoms with Crippen molar-refractivity contribution in [3.05, 3.63) is 11.7 Å². The lowest BCUT2D eigenvalue weighted by atomic mass is 9.87. The summed E-state index contributed by atoms with van der Waals surface area (Å²) in [4.78, 5) is 16.1. The predicted octanol–water partition coefficient (Wildman–Crippen LogP) is 1.79. The average molecular weight is 295 g/mol. The van der Waals surface area contributed by atoms with Gasteiger partial charge in [-0.2, -0.15) is 4.98 Å². The van der Waals surface area contributed by atoms with Gasteiger partial charge in [-0.1, -0.05) is 25.4 Å². The molecule has 1 heterocycles. The summed E-state index contributed by atoms with van der Waals surface area (Å²) in [5, 5.41) is 16.4. The van der Waals surface area contributed by atoms with Gasteiger partial charge in [0.15, 0.2) is 5.82 Å². The number of aromatic nitrogens is 2. The number of nitrogens with zero attached hydrogens (tertiary/aromatic N) is 2. The van der Waals surface area contributed by atoms with Crippen molar-refractivity contribution in [1.82, 2.24) is 15.5 Å². The normalized spacial score (nSPS) is 22.5. The van der Waals surface area contributed by atoms with Crippen LogP contribution < -0.4 is 5.32 Å². The van der Waals surface area contributed by atoms with Crippen LogP contribution in [0, 0.1) is 5.92 Å². The fraction of sp³-hybridized carbons (Fsp3) is 0.800. The molecule has 21 heavy (non-hydrogen) atoms. The van der Waals surface area contributed by atoms with Crippen LogP contribution in [0.4, 0.5) is 0 Å². The number of amides is 1. The average Bonchev–Trinajstić information content (AvgIpc) is 2.92. The van der Waals surface area contributed by atoms with Crippen LogP contribution in [0.1, 0.15) is 63.6 Å². The molecular formula is C15H25N3O3. The van der Waals surface area contributed by atoms with Gasteiger partial charge in [0.25, 0.3) is 0 Å². The molecule has 0 saturated heterocycles. The van der Waals surface area contributed by atoms with Crippen molar-refractivity contribution in [2.45, 2.75) is 64.4 Å². The van der Waals surface area contributed by atoms with Crippen LogP contribution in [0.5, 0.6) is 0 Å². The Hall–Kier alpha value is -1.43. The molecule has 1 amide bonds. The Morgan fingerprint density at radius 1 is 1.48 bits per heavy atom. The zero-order valence-electron chi connectivity index (χ0n) is 12.8. The highest BCUT2D eigenvalue weighted by Gasteiger charge is 2.20. The first-order valence-corrected chi connectivity index (χ1v) is 7.82. The molecule has 1 aliphatic carbocycles. The first kappa shape index (κ1) is 15.9. The quantitative estimate of drug-likeness (QED) is 0.835. The summed E-state index contributed by atoms with van der Waals surface area (Å²) in [5.41, 5.74) is 0. The van der Waals surface area contributed by atoms with Gasteiger partial charge in [-0.15, -0.1) is 0 Å². The second-order valence-electron chi connectivity index (χ2n) is 6.19. The maximum atomic E-state index is 11.8. The van der Waals surface area contributed by atoms with Gasteiger partial charge in [0.05, 0.1) is 6.10 Å². The van der Waals surface area contributed by atoms with E-state index in [1.54, 1.807) is 0 Å². The van der Waals surface area contributed by atoms with Crippen molar-refractivity contribution in [2.75, 3.05) is 6.54 Å². The van der Waals surface area contributed by atoms with Crippen LogP contribution in [0.25, 0.3) is 0 Å². The Bertz CT molecular complexity index is 459. The lowest BCUT2D eigenvalue weighted by Crippen LogP contribution is -2.33. The van der Waals surface area contributed by atoms with Crippen molar-refractivity contribution in [3.8, 4) is 0 Å². The lowest BCUT2D eigenvalue weighted by molar-refractivity contribution is -0.121. The third kappa shape index (κ3) is 5.12.